The molecule has 7 heteroatoms. The number of amidine groups is 1. The van der Waals surface area contributed by atoms with Gasteiger partial charge in [-0.25, -0.2) is 0 Å². The van der Waals surface area contributed by atoms with Crippen LogP contribution < -0.4 is 9.64 Å². The lowest BCUT2D eigenvalue weighted by Crippen LogP contribution is -2.23. The van der Waals surface area contributed by atoms with Crippen LogP contribution in [0.15, 0.2) is 29.4 Å². The van der Waals surface area contributed by atoms with E-state index in [1.165, 1.54) is 31.4 Å². The van der Waals surface area contributed by atoms with Crippen LogP contribution in [0.4, 0.5) is 18.9 Å². The van der Waals surface area contributed by atoms with Crippen molar-refractivity contribution in [2.75, 3.05) is 19.1 Å². The van der Waals surface area contributed by atoms with Crippen molar-refractivity contribution in [1.29, 1.82) is 0 Å². The minimum absolute atomic E-state index is 0.263. The van der Waals surface area contributed by atoms with E-state index >= 15 is 0 Å². The zero-order valence-corrected chi connectivity index (χ0v) is 10.2. The molecule has 0 spiro atoms. The van der Waals surface area contributed by atoms with Gasteiger partial charge in [0.25, 0.3) is 0 Å². The van der Waals surface area contributed by atoms with Gasteiger partial charge in [-0.3, -0.25) is 0 Å². The molecule has 0 unspecified atom stereocenters. The van der Waals surface area contributed by atoms with Crippen LogP contribution in [0, 0.1) is 0 Å². The van der Waals surface area contributed by atoms with Gasteiger partial charge >= 0.3 is 6.36 Å². The van der Waals surface area contributed by atoms with Crippen LogP contribution in [-0.2, 0) is 4.84 Å². The van der Waals surface area contributed by atoms with Crippen LogP contribution in [0.2, 0.25) is 0 Å². The molecule has 0 aliphatic carbocycles. The molecule has 0 aromatic heterocycles. The second kappa shape index (κ2) is 5.61. The minimum Gasteiger partial charge on any atom is -0.406 e. The average molecular weight is 262 g/mol. The molecule has 0 radical (unpaired) electrons. The summed E-state index contributed by atoms with van der Waals surface area (Å²) in [6.07, 6.45) is -4.68. The van der Waals surface area contributed by atoms with Gasteiger partial charge < -0.3 is 14.5 Å². The second-order valence-corrected chi connectivity index (χ2v) is 3.42. The molecular weight excluding hydrogens is 249 g/mol. The first-order chi connectivity index (χ1) is 8.33. The predicted octanol–water partition coefficient (Wildman–Crippen LogP) is 3.00. The number of hydrogen-bond acceptors (Lipinski definition) is 3. The summed E-state index contributed by atoms with van der Waals surface area (Å²) in [5, 5.41) is 3.71. The van der Waals surface area contributed by atoms with Crippen molar-refractivity contribution >= 4 is 11.5 Å². The Bertz CT molecular complexity index is 415. The first-order valence-electron chi connectivity index (χ1n) is 5.01. The number of anilines is 1. The first kappa shape index (κ1) is 14.1. The molecule has 0 atom stereocenters. The Morgan fingerprint density at radius 1 is 1.22 bits per heavy atom. The molecule has 1 aromatic rings. The second-order valence-electron chi connectivity index (χ2n) is 3.42. The molecule has 0 amide bonds. The van der Waals surface area contributed by atoms with Crippen molar-refractivity contribution in [3.63, 3.8) is 0 Å². The molecule has 0 fully saturated rings. The van der Waals surface area contributed by atoms with Gasteiger partial charge in [-0.15, -0.1) is 13.2 Å². The van der Waals surface area contributed by atoms with Crippen molar-refractivity contribution in [1.82, 2.24) is 0 Å². The predicted molar refractivity (Wildman–Crippen MR) is 61.6 cm³/mol. The lowest BCUT2D eigenvalue weighted by Gasteiger charge is -2.18. The molecule has 0 N–H and O–H groups in total. The van der Waals surface area contributed by atoms with Crippen molar-refractivity contribution in [2.45, 2.75) is 13.3 Å². The third-order valence-electron chi connectivity index (χ3n) is 2.17. The van der Waals surface area contributed by atoms with Gasteiger partial charge in [0, 0.05) is 12.7 Å². The molecule has 0 aliphatic heterocycles. The molecule has 18 heavy (non-hydrogen) atoms. The number of halogens is 3. The maximum atomic E-state index is 12.0. The number of oxime groups is 1. The number of alkyl halides is 3. The van der Waals surface area contributed by atoms with Gasteiger partial charge in [0.15, 0.2) is 0 Å². The van der Waals surface area contributed by atoms with Crippen LogP contribution in [0.25, 0.3) is 0 Å². The Morgan fingerprint density at radius 3 is 2.22 bits per heavy atom. The Labute approximate surface area is 103 Å². The highest BCUT2D eigenvalue weighted by Crippen LogP contribution is 2.25. The quantitative estimate of drug-likeness (QED) is 0.477. The van der Waals surface area contributed by atoms with Crippen LogP contribution in [0.1, 0.15) is 6.92 Å². The lowest BCUT2D eigenvalue weighted by atomic mass is 10.3. The topological polar surface area (TPSA) is 34.1 Å². The highest BCUT2D eigenvalue weighted by molar-refractivity contribution is 5.95. The SMILES string of the molecule is CO/N=C(\C)N(C)c1ccc(OC(F)(F)F)cc1. The maximum Gasteiger partial charge on any atom is 0.573 e. The van der Waals surface area contributed by atoms with Crippen LogP contribution in [-0.4, -0.2) is 26.4 Å². The Kier molecular flexibility index (Phi) is 4.41. The molecule has 0 heterocycles. The van der Waals surface area contributed by atoms with E-state index in [1.807, 2.05) is 0 Å². The molecule has 100 valence electrons. The van der Waals surface area contributed by atoms with E-state index in [9.17, 15) is 13.2 Å². The molecule has 0 bridgehead atoms. The molecule has 0 saturated heterocycles. The Hall–Kier alpha value is -1.92. The highest BCUT2D eigenvalue weighted by Gasteiger charge is 2.30. The molecule has 0 saturated carbocycles. The highest BCUT2D eigenvalue weighted by atomic mass is 19.4. The van der Waals surface area contributed by atoms with Gasteiger partial charge in [-0.1, -0.05) is 5.16 Å². The number of ether oxygens (including phenoxy) is 1. The third-order valence-corrected chi connectivity index (χ3v) is 2.17. The van der Waals surface area contributed by atoms with E-state index in [2.05, 4.69) is 14.7 Å². The largest absolute Gasteiger partial charge is 0.573 e. The monoisotopic (exact) mass is 262 g/mol. The van der Waals surface area contributed by atoms with Gasteiger partial charge in [0.2, 0.25) is 0 Å². The van der Waals surface area contributed by atoms with Crippen LogP contribution in [0.3, 0.4) is 0 Å². The average Bonchev–Trinajstić information content (AvgIpc) is 2.27. The number of rotatable bonds is 3. The van der Waals surface area contributed by atoms with E-state index in [-0.39, 0.29) is 5.75 Å². The molecule has 0 aliphatic rings. The summed E-state index contributed by atoms with van der Waals surface area (Å²) in [5.41, 5.74) is 0.669. The van der Waals surface area contributed by atoms with Crippen LogP contribution >= 0.6 is 0 Å². The zero-order chi connectivity index (χ0) is 13.8. The zero-order valence-electron chi connectivity index (χ0n) is 10.2. The number of benzene rings is 1. The molecule has 4 nitrogen and oxygen atoms in total. The maximum absolute atomic E-state index is 12.0. The number of nitrogens with zero attached hydrogens (tertiary/aromatic N) is 2. The summed E-state index contributed by atoms with van der Waals surface area (Å²) < 4.78 is 39.7. The summed E-state index contributed by atoms with van der Waals surface area (Å²) >= 11 is 0. The minimum atomic E-state index is -4.68. The summed E-state index contributed by atoms with van der Waals surface area (Å²) in [6.45, 7) is 1.71. The third kappa shape index (κ3) is 4.15. The standard InChI is InChI=1S/C11H13F3N2O2/c1-8(15-17-3)16(2)9-4-6-10(7-5-9)18-11(12,13)14/h4-7H,1-3H3/b15-8+. The summed E-state index contributed by atoms with van der Waals surface area (Å²) in [5.74, 6) is 0.308. The van der Waals surface area contributed by atoms with E-state index < -0.39 is 6.36 Å². The van der Waals surface area contributed by atoms with Crippen molar-refractivity contribution in [2.24, 2.45) is 5.16 Å². The molecule has 1 aromatic carbocycles. The van der Waals surface area contributed by atoms with Crippen LogP contribution in [0.5, 0.6) is 5.75 Å². The Balaban J connectivity index is 2.80. The lowest BCUT2D eigenvalue weighted by molar-refractivity contribution is -0.274. The fraction of sp³-hybridized carbons (Fsp3) is 0.364. The normalized spacial score (nSPS) is 12.2. The Morgan fingerprint density at radius 2 is 1.78 bits per heavy atom. The van der Waals surface area contributed by atoms with E-state index in [0.29, 0.717) is 11.5 Å². The first-order valence-corrected chi connectivity index (χ1v) is 5.01. The molecular formula is C11H13F3N2O2. The van der Waals surface area contributed by atoms with Gasteiger partial charge in [-0.05, 0) is 31.2 Å². The summed E-state index contributed by atoms with van der Waals surface area (Å²) in [4.78, 5) is 6.28. The van der Waals surface area contributed by atoms with E-state index in [4.69, 9.17) is 0 Å². The summed E-state index contributed by atoms with van der Waals surface area (Å²) in [6, 6.07) is 5.46. The van der Waals surface area contributed by atoms with Gasteiger partial charge in [-0.2, -0.15) is 0 Å². The van der Waals surface area contributed by atoms with Gasteiger partial charge in [0.1, 0.15) is 18.7 Å². The van der Waals surface area contributed by atoms with Crippen molar-refractivity contribution < 1.29 is 22.7 Å². The smallest absolute Gasteiger partial charge is 0.406 e. The summed E-state index contributed by atoms with van der Waals surface area (Å²) in [7, 11) is 3.13. The van der Waals surface area contributed by atoms with E-state index in [0.717, 1.165) is 0 Å². The molecule has 1 rings (SSSR count). The van der Waals surface area contributed by atoms with Crippen molar-refractivity contribution in [3.8, 4) is 5.75 Å². The van der Waals surface area contributed by atoms with E-state index in [1.54, 1.807) is 18.9 Å². The van der Waals surface area contributed by atoms with Crippen molar-refractivity contribution in [3.05, 3.63) is 24.3 Å². The van der Waals surface area contributed by atoms with Gasteiger partial charge in [0.05, 0.1) is 0 Å². The number of hydrogen-bond donors (Lipinski definition) is 0. The fourth-order valence-electron chi connectivity index (χ4n) is 1.25. The fourth-order valence-corrected chi connectivity index (χ4v) is 1.25.